The van der Waals surface area contributed by atoms with Gasteiger partial charge in [0.1, 0.15) is 5.82 Å². The van der Waals surface area contributed by atoms with Crippen LogP contribution in [0.1, 0.15) is 27.1 Å². The minimum atomic E-state index is -0.635. The minimum Gasteiger partial charge on any atom is -0.307 e. The first-order valence-corrected chi connectivity index (χ1v) is 6.85. The van der Waals surface area contributed by atoms with Gasteiger partial charge in [0.25, 0.3) is 5.91 Å². The van der Waals surface area contributed by atoms with Crippen LogP contribution in [0.5, 0.6) is 0 Å². The number of rotatable bonds is 1. The Labute approximate surface area is 125 Å². The number of carbonyl (C=O) groups is 2. The van der Waals surface area contributed by atoms with Gasteiger partial charge in [-0.1, -0.05) is 23.7 Å². The number of hydrogen-bond donors (Lipinski definition) is 0. The van der Waals surface area contributed by atoms with Gasteiger partial charge in [-0.2, -0.15) is 0 Å². The number of hydrogen-bond acceptors (Lipinski definition) is 2. The number of benzene rings is 2. The van der Waals surface area contributed by atoms with Crippen LogP contribution in [-0.4, -0.2) is 18.2 Å². The van der Waals surface area contributed by atoms with E-state index in [9.17, 15) is 14.0 Å². The number of fused-ring (bicyclic) bond motifs is 1. The number of nitrogens with zero attached hydrogens (tertiary/aromatic N) is 1. The van der Waals surface area contributed by atoms with E-state index in [1.54, 1.807) is 24.3 Å². The highest BCUT2D eigenvalue weighted by Crippen LogP contribution is 2.28. The predicted molar refractivity (Wildman–Crippen MR) is 78.5 cm³/mol. The van der Waals surface area contributed by atoms with Crippen LogP contribution in [0.2, 0.25) is 5.02 Å². The summed E-state index contributed by atoms with van der Waals surface area (Å²) in [4.78, 5) is 25.9. The summed E-state index contributed by atoms with van der Waals surface area (Å²) in [6.45, 7) is 0.291. The normalized spacial score (nSPS) is 14.0. The molecule has 106 valence electrons. The van der Waals surface area contributed by atoms with Crippen molar-refractivity contribution >= 4 is 29.0 Å². The molecular weight excluding hydrogens is 293 g/mol. The zero-order valence-electron chi connectivity index (χ0n) is 11.0. The van der Waals surface area contributed by atoms with Crippen LogP contribution in [0.4, 0.5) is 10.1 Å². The Bertz CT molecular complexity index is 745. The third-order valence-corrected chi connectivity index (χ3v) is 3.78. The number of halogens is 2. The number of ketones is 1. The van der Waals surface area contributed by atoms with Crippen LogP contribution in [0.25, 0.3) is 0 Å². The Morgan fingerprint density at radius 3 is 2.71 bits per heavy atom. The standard InChI is InChI=1S/C16H11ClFNO2/c17-12-6-5-10(9-13(12)18)16(21)19-8-7-15(20)11-3-1-2-4-14(11)19/h1-6,9H,7-8H2. The lowest BCUT2D eigenvalue weighted by atomic mass is 9.99. The molecule has 1 amide bonds. The third-order valence-electron chi connectivity index (χ3n) is 3.47. The summed E-state index contributed by atoms with van der Waals surface area (Å²) < 4.78 is 13.5. The van der Waals surface area contributed by atoms with Gasteiger partial charge in [-0.15, -0.1) is 0 Å². The van der Waals surface area contributed by atoms with Crippen molar-refractivity contribution in [3.8, 4) is 0 Å². The predicted octanol–water partition coefficient (Wildman–Crippen LogP) is 3.71. The van der Waals surface area contributed by atoms with E-state index in [2.05, 4.69) is 0 Å². The average Bonchev–Trinajstić information content (AvgIpc) is 2.50. The second-order valence-corrected chi connectivity index (χ2v) is 5.18. The molecule has 5 heteroatoms. The molecule has 0 spiro atoms. The Hall–Kier alpha value is -2.20. The Kier molecular flexibility index (Phi) is 3.47. The summed E-state index contributed by atoms with van der Waals surface area (Å²) >= 11 is 5.63. The molecule has 0 atom stereocenters. The van der Waals surface area contributed by atoms with E-state index >= 15 is 0 Å². The first kappa shape index (κ1) is 13.8. The van der Waals surface area contributed by atoms with Gasteiger partial charge in [0.15, 0.2) is 5.78 Å². The molecule has 0 saturated heterocycles. The van der Waals surface area contributed by atoms with Crippen LogP contribution in [0, 0.1) is 5.82 Å². The van der Waals surface area contributed by atoms with E-state index in [1.165, 1.54) is 17.0 Å². The fourth-order valence-corrected chi connectivity index (χ4v) is 2.53. The molecule has 1 aliphatic rings. The first-order chi connectivity index (χ1) is 10.1. The zero-order chi connectivity index (χ0) is 15.0. The van der Waals surface area contributed by atoms with Crippen LogP contribution in [0.3, 0.4) is 0 Å². The van der Waals surface area contributed by atoms with E-state index in [4.69, 9.17) is 11.6 Å². The first-order valence-electron chi connectivity index (χ1n) is 6.47. The quantitative estimate of drug-likeness (QED) is 0.805. The maximum absolute atomic E-state index is 13.5. The molecule has 0 radical (unpaired) electrons. The van der Waals surface area contributed by atoms with Gasteiger partial charge in [-0.05, 0) is 30.3 Å². The van der Waals surface area contributed by atoms with Crippen molar-refractivity contribution in [1.82, 2.24) is 0 Å². The zero-order valence-corrected chi connectivity index (χ0v) is 11.7. The highest BCUT2D eigenvalue weighted by atomic mass is 35.5. The lowest BCUT2D eigenvalue weighted by Crippen LogP contribution is -2.37. The maximum atomic E-state index is 13.5. The van der Waals surface area contributed by atoms with Gasteiger partial charge in [0, 0.05) is 24.1 Å². The minimum absolute atomic E-state index is 0.0111. The van der Waals surface area contributed by atoms with E-state index in [-0.39, 0.29) is 28.7 Å². The van der Waals surface area contributed by atoms with Crippen molar-refractivity contribution < 1.29 is 14.0 Å². The molecule has 0 unspecified atom stereocenters. The van der Waals surface area contributed by atoms with E-state index in [0.717, 1.165) is 6.07 Å². The molecule has 0 bridgehead atoms. The fraction of sp³-hybridized carbons (Fsp3) is 0.125. The van der Waals surface area contributed by atoms with Gasteiger partial charge in [0.05, 0.1) is 10.7 Å². The van der Waals surface area contributed by atoms with Gasteiger partial charge >= 0.3 is 0 Å². The summed E-state index contributed by atoms with van der Waals surface area (Å²) in [6.07, 6.45) is 0.263. The number of para-hydroxylation sites is 1. The molecule has 0 aromatic heterocycles. The molecule has 0 aliphatic carbocycles. The van der Waals surface area contributed by atoms with Crippen LogP contribution in [-0.2, 0) is 0 Å². The Balaban J connectivity index is 2.01. The van der Waals surface area contributed by atoms with Crippen molar-refractivity contribution in [2.75, 3.05) is 11.4 Å². The van der Waals surface area contributed by atoms with Gasteiger partial charge in [-0.3, -0.25) is 9.59 Å². The van der Waals surface area contributed by atoms with Gasteiger partial charge < -0.3 is 4.90 Å². The number of Topliss-reactive ketones (excluding diaryl/α,β-unsaturated/α-hetero) is 1. The number of anilines is 1. The largest absolute Gasteiger partial charge is 0.307 e. The topological polar surface area (TPSA) is 37.4 Å². The molecule has 0 saturated carbocycles. The van der Waals surface area contributed by atoms with E-state index in [1.807, 2.05) is 0 Å². The van der Waals surface area contributed by atoms with Crippen LogP contribution < -0.4 is 4.90 Å². The maximum Gasteiger partial charge on any atom is 0.258 e. The molecule has 0 fully saturated rings. The molecule has 2 aromatic carbocycles. The highest BCUT2D eigenvalue weighted by Gasteiger charge is 2.27. The lowest BCUT2D eigenvalue weighted by Gasteiger charge is -2.28. The summed E-state index contributed by atoms with van der Waals surface area (Å²) in [5, 5.41) is -0.0271. The number of carbonyl (C=O) groups excluding carboxylic acids is 2. The Morgan fingerprint density at radius 1 is 1.19 bits per heavy atom. The monoisotopic (exact) mass is 303 g/mol. The van der Waals surface area contributed by atoms with Crippen molar-refractivity contribution in [3.63, 3.8) is 0 Å². The molecule has 3 rings (SSSR count). The average molecular weight is 304 g/mol. The number of amides is 1. The second kappa shape index (κ2) is 5.30. The molecule has 3 nitrogen and oxygen atoms in total. The molecule has 2 aromatic rings. The van der Waals surface area contributed by atoms with Crippen LogP contribution >= 0.6 is 11.6 Å². The van der Waals surface area contributed by atoms with Crippen molar-refractivity contribution in [2.45, 2.75) is 6.42 Å². The summed E-state index contributed by atoms with van der Waals surface area (Å²) in [5.41, 5.74) is 1.29. The molecule has 21 heavy (non-hydrogen) atoms. The Morgan fingerprint density at radius 2 is 1.95 bits per heavy atom. The second-order valence-electron chi connectivity index (χ2n) is 4.78. The van der Waals surface area contributed by atoms with Crippen molar-refractivity contribution in [2.24, 2.45) is 0 Å². The van der Waals surface area contributed by atoms with Gasteiger partial charge in [0.2, 0.25) is 0 Å². The third kappa shape index (κ3) is 2.43. The lowest BCUT2D eigenvalue weighted by molar-refractivity contribution is 0.0955. The summed E-state index contributed by atoms with van der Waals surface area (Å²) in [7, 11) is 0. The molecule has 1 aliphatic heterocycles. The van der Waals surface area contributed by atoms with E-state index < -0.39 is 5.82 Å². The van der Waals surface area contributed by atoms with Crippen molar-refractivity contribution in [3.05, 3.63) is 64.4 Å². The SMILES string of the molecule is O=C1CCN(C(=O)c2ccc(Cl)c(F)c2)c2ccccc21. The molecule has 0 N–H and O–H groups in total. The molecule has 1 heterocycles. The highest BCUT2D eigenvalue weighted by molar-refractivity contribution is 6.30. The molecular formula is C16H11ClFNO2. The van der Waals surface area contributed by atoms with Crippen LogP contribution in [0.15, 0.2) is 42.5 Å². The smallest absolute Gasteiger partial charge is 0.258 e. The fourth-order valence-electron chi connectivity index (χ4n) is 2.41. The van der Waals surface area contributed by atoms with E-state index in [0.29, 0.717) is 17.8 Å². The summed E-state index contributed by atoms with van der Waals surface area (Å²) in [5.74, 6) is -0.966. The summed E-state index contributed by atoms with van der Waals surface area (Å²) in [6, 6.07) is 10.9. The van der Waals surface area contributed by atoms with Gasteiger partial charge in [-0.25, -0.2) is 4.39 Å². The van der Waals surface area contributed by atoms with Crippen molar-refractivity contribution in [1.29, 1.82) is 0 Å².